The minimum Gasteiger partial charge on any atom is -0.389 e. The Labute approximate surface area is 93.2 Å². The summed E-state index contributed by atoms with van der Waals surface area (Å²) < 4.78 is 4.91. The van der Waals surface area contributed by atoms with Crippen LogP contribution in [0.25, 0.3) is 0 Å². The van der Waals surface area contributed by atoms with Gasteiger partial charge in [0, 0.05) is 19.7 Å². The number of ether oxygens (including phenoxy) is 1. The smallest absolute Gasteiger partial charge is 0.0897 e. The average molecular weight is 215 g/mol. The molecule has 3 nitrogen and oxygen atoms in total. The third-order valence-corrected chi connectivity index (χ3v) is 3.41. The minimum absolute atomic E-state index is 0.366. The molecule has 0 saturated heterocycles. The molecule has 3 atom stereocenters. The number of methoxy groups -OCH3 is 1. The Bertz CT molecular complexity index is 164. The lowest BCUT2D eigenvalue weighted by atomic mass is 9.83. The monoisotopic (exact) mass is 215 g/mol. The van der Waals surface area contributed by atoms with E-state index in [1.54, 1.807) is 7.11 Å². The summed E-state index contributed by atoms with van der Waals surface area (Å²) in [5, 5.41) is 13.0. The highest BCUT2D eigenvalue weighted by Gasteiger charge is 2.23. The van der Waals surface area contributed by atoms with Gasteiger partial charge in [-0.2, -0.15) is 0 Å². The van der Waals surface area contributed by atoms with E-state index in [2.05, 4.69) is 12.2 Å². The van der Waals surface area contributed by atoms with Crippen molar-refractivity contribution in [2.75, 3.05) is 20.3 Å². The second kappa shape index (κ2) is 7.20. The summed E-state index contributed by atoms with van der Waals surface area (Å²) in [7, 11) is 1.62. The van der Waals surface area contributed by atoms with Crippen LogP contribution in [0.4, 0.5) is 0 Å². The van der Waals surface area contributed by atoms with Crippen LogP contribution in [0.5, 0.6) is 0 Å². The van der Waals surface area contributed by atoms with Crippen molar-refractivity contribution in [3.63, 3.8) is 0 Å². The van der Waals surface area contributed by atoms with Gasteiger partial charge in [0.05, 0.1) is 12.7 Å². The minimum atomic E-state index is -0.366. The number of nitrogens with one attached hydrogen (secondary N) is 1. The topological polar surface area (TPSA) is 41.5 Å². The lowest BCUT2D eigenvalue weighted by molar-refractivity contribution is 0.0594. The zero-order valence-electron chi connectivity index (χ0n) is 10.0. The van der Waals surface area contributed by atoms with Gasteiger partial charge >= 0.3 is 0 Å². The molecule has 0 heterocycles. The molecular formula is C12H25NO2. The van der Waals surface area contributed by atoms with Gasteiger partial charge in [-0.3, -0.25) is 0 Å². The van der Waals surface area contributed by atoms with E-state index in [-0.39, 0.29) is 6.10 Å². The van der Waals surface area contributed by atoms with Crippen molar-refractivity contribution in [3.8, 4) is 0 Å². The van der Waals surface area contributed by atoms with Gasteiger partial charge in [-0.25, -0.2) is 0 Å². The molecule has 0 aromatic carbocycles. The summed E-state index contributed by atoms with van der Waals surface area (Å²) in [6.45, 7) is 3.35. The SMILES string of the molecule is CCC1CCCCC1NCC(O)COC. The molecule has 90 valence electrons. The van der Waals surface area contributed by atoms with Gasteiger partial charge in [0.15, 0.2) is 0 Å². The molecule has 0 aromatic heterocycles. The first-order chi connectivity index (χ1) is 7.27. The summed E-state index contributed by atoms with van der Waals surface area (Å²) in [5.41, 5.74) is 0. The van der Waals surface area contributed by atoms with Crippen molar-refractivity contribution in [1.29, 1.82) is 0 Å². The van der Waals surface area contributed by atoms with E-state index in [0.29, 0.717) is 19.2 Å². The quantitative estimate of drug-likeness (QED) is 0.706. The lowest BCUT2D eigenvalue weighted by Crippen LogP contribution is -2.42. The highest BCUT2D eigenvalue weighted by molar-refractivity contribution is 4.80. The highest BCUT2D eigenvalue weighted by Crippen LogP contribution is 2.26. The first-order valence-electron chi connectivity index (χ1n) is 6.18. The third kappa shape index (κ3) is 4.49. The van der Waals surface area contributed by atoms with Gasteiger partial charge in [-0.05, 0) is 18.8 Å². The van der Waals surface area contributed by atoms with Crippen LogP contribution in [-0.2, 0) is 4.74 Å². The molecular weight excluding hydrogens is 190 g/mol. The first-order valence-corrected chi connectivity index (χ1v) is 6.18. The van der Waals surface area contributed by atoms with Gasteiger partial charge in [0.1, 0.15) is 0 Å². The van der Waals surface area contributed by atoms with Crippen LogP contribution >= 0.6 is 0 Å². The zero-order chi connectivity index (χ0) is 11.1. The average Bonchev–Trinajstić information content (AvgIpc) is 2.27. The van der Waals surface area contributed by atoms with Gasteiger partial charge in [-0.15, -0.1) is 0 Å². The third-order valence-electron chi connectivity index (χ3n) is 3.41. The maximum Gasteiger partial charge on any atom is 0.0897 e. The molecule has 15 heavy (non-hydrogen) atoms. The second-order valence-electron chi connectivity index (χ2n) is 4.58. The van der Waals surface area contributed by atoms with E-state index < -0.39 is 0 Å². The van der Waals surface area contributed by atoms with E-state index in [1.165, 1.54) is 32.1 Å². The molecule has 1 rings (SSSR count). The van der Waals surface area contributed by atoms with Crippen LogP contribution in [0.2, 0.25) is 0 Å². The van der Waals surface area contributed by atoms with Gasteiger partial charge in [-0.1, -0.05) is 26.2 Å². The van der Waals surface area contributed by atoms with Crippen LogP contribution in [0.1, 0.15) is 39.0 Å². The summed E-state index contributed by atoms with van der Waals surface area (Å²) >= 11 is 0. The second-order valence-corrected chi connectivity index (χ2v) is 4.58. The van der Waals surface area contributed by atoms with Crippen molar-refractivity contribution >= 4 is 0 Å². The molecule has 0 bridgehead atoms. The Morgan fingerprint density at radius 2 is 2.13 bits per heavy atom. The van der Waals surface area contributed by atoms with Crippen LogP contribution < -0.4 is 5.32 Å². The molecule has 3 heteroatoms. The maximum absolute atomic E-state index is 9.55. The van der Waals surface area contributed by atoms with E-state index in [0.717, 1.165) is 5.92 Å². The fraction of sp³-hybridized carbons (Fsp3) is 1.00. The molecule has 0 spiro atoms. The van der Waals surface area contributed by atoms with E-state index >= 15 is 0 Å². The Morgan fingerprint density at radius 3 is 2.80 bits per heavy atom. The molecule has 2 N–H and O–H groups in total. The normalized spacial score (nSPS) is 29.0. The predicted molar refractivity (Wildman–Crippen MR) is 61.9 cm³/mol. The molecule has 0 aromatic rings. The molecule has 1 aliphatic rings. The van der Waals surface area contributed by atoms with Crippen LogP contribution in [0, 0.1) is 5.92 Å². The van der Waals surface area contributed by atoms with Crippen LogP contribution in [0.15, 0.2) is 0 Å². The number of aliphatic hydroxyl groups is 1. The van der Waals surface area contributed by atoms with Crippen molar-refractivity contribution in [3.05, 3.63) is 0 Å². The van der Waals surface area contributed by atoms with Crippen molar-refractivity contribution < 1.29 is 9.84 Å². The first kappa shape index (κ1) is 12.9. The summed E-state index contributed by atoms with van der Waals surface area (Å²) in [6.07, 6.45) is 6.19. The number of aliphatic hydroxyl groups excluding tert-OH is 1. The molecule has 0 radical (unpaired) electrons. The Hall–Kier alpha value is -0.120. The maximum atomic E-state index is 9.55. The van der Waals surface area contributed by atoms with Gasteiger partial charge in [0.25, 0.3) is 0 Å². The van der Waals surface area contributed by atoms with Crippen molar-refractivity contribution in [2.45, 2.75) is 51.2 Å². The van der Waals surface area contributed by atoms with Gasteiger partial charge < -0.3 is 15.2 Å². The van der Waals surface area contributed by atoms with E-state index in [9.17, 15) is 5.11 Å². The summed E-state index contributed by atoms with van der Waals surface area (Å²) in [4.78, 5) is 0. The van der Waals surface area contributed by atoms with Crippen molar-refractivity contribution in [2.24, 2.45) is 5.92 Å². The standard InChI is InChI=1S/C12H25NO2/c1-3-10-6-4-5-7-12(10)13-8-11(14)9-15-2/h10-14H,3-9H2,1-2H3. The van der Waals surface area contributed by atoms with Crippen LogP contribution in [0.3, 0.4) is 0 Å². The highest BCUT2D eigenvalue weighted by atomic mass is 16.5. The van der Waals surface area contributed by atoms with Crippen molar-refractivity contribution in [1.82, 2.24) is 5.32 Å². The molecule has 1 fully saturated rings. The molecule has 0 amide bonds. The number of hydrogen-bond acceptors (Lipinski definition) is 3. The van der Waals surface area contributed by atoms with Crippen LogP contribution in [-0.4, -0.2) is 37.5 Å². The molecule has 0 aliphatic heterocycles. The molecule has 1 saturated carbocycles. The molecule has 1 aliphatic carbocycles. The number of hydrogen-bond donors (Lipinski definition) is 2. The fourth-order valence-corrected chi connectivity index (χ4v) is 2.50. The zero-order valence-corrected chi connectivity index (χ0v) is 10.0. The van der Waals surface area contributed by atoms with E-state index in [4.69, 9.17) is 4.74 Å². The summed E-state index contributed by atoms with van der Waals surface area (Å²) in [6, 6.07) is 0.607. The predicted octanol–water partition coefficient (Wildman–Crippen LogP) is 1.55. The largest absolute Gasteiger partial charge is 0.389 e. The fourth-order valence-electron chi connectivity index (χ4n) is 2.50. The Morgan fingerprint density at radius 1 is 1.40 bits per heavy atom. The molecule has 3 unspecified atom stereocenters. The van der Waals surface area contributed by atoms with Gasteiger partial charge in [0.2, 0.25) is 0 Å². The van der Waals surface area contributed by atoms with E-state index in [1.807, 2.05) is 0 Å². The number of rotatable bonds is 6. The Balaban J connectivity index is 2.22. The summed E-state index contributed by atoms with van der Waals surface area (Å²) in [5.74, 6) is 0.800. The Kier molecular flexibility index (Phi) is 6.22. The lowest BCUT2D eigenvalue weighted by Gasteiger charge is -2.32.